The van der Waals surface area contributed by atoms with E-state index >= 15 is 0 Å². The van der Waals surface area contributed by atoms with E-state index in [0.29, 0.717) is 6.42 Å². The first-order valence-corrected chi connectivity index (χ1v) is 8.84. The number of amides is 1. The SMILES string of the molecule is CC1c2cc3c(cc2CCN1C(=O)CCc1cccs1)OCO3. The Balaban J connectivity index is 1.50. The lowest BCUT2D eigenvalue weighted by Crippen LogP contribution is -2.38. The lowest BCUT2D eigenvalue weighted by Gasteiger charge is -2.35. The number of thiophene rings is 1. The van der Waals surface area contributed by atoms with Gasteiger partial charge in [0.05, 0.1) is 6.04 Å². The van der Waals surface area contributed by atoms with Crippen molar-refractivity contribution in [2.75, 3.05) is 13.3 Å². The number of hydrogen-bond acceptors (Lipinski definition) is 4. The molecule has 2 aromatic rings. The van der Waals surface area contributed by atoms with Crippen molar-refractivity contribution in [1.29, 1.82) is 0 Å². The van der Waals surface area contributed by atoms with Gasteiger partial charge in [-0.1, -0.05) is 6.07 Å². The Labute approximate surface area is 139 Å². The summed E-state index contributed by atoms with van der Waals surface area (Å²) in [7, 11) is 0. The molecule has 3 heterocycles. The molecule has 0 bridgehead atoms. The first-order chi connectivity index (χ1) is 11.2. The van der Waals surface area contributed by atoms with Crippen molar-refractivity contribution >= 4 is 17.2 Å². The highest BCUT2D eigenvalue weighted by molar-refractivity contribution is 7.09. The van der Waals surface area contributed by atoms with Crippen LogP contribution in [0.25, 0.3) is 0 Å². The molecule has 1 aromatic heterocycles. The average Bonchev–Trinajstić information content (AvgIpc) is 3.22. The molecule has 23 heavy (non-hydrogen) atoms. The Kier molecular flexibility index (Phi) is 3.73. The summed E-state index contributed by atoms with van der Waals surface area (Å²) in [6.45, 7) is 3.16. The number of benzene rings is 1. The molecule has 2 aliphatic rings. The highest BCUT2D eigenvalue weighted by Gasteiger charge is 2.29. The summed E-state index contributed by atoms with van der Waals surface area (Å²) in [5, 5.41) is 2.06. The van der Waals surface area contributed by atoms with Crippen molar-refractivity contribution in [1.82, 2.24) is 4.90 Å². The molecule has 0 spiro atoms. The van der Waals surface area contributed by atoms with E-state index < -0.39 is 0 Å². The van der Waals surface area contributed by atoms with E-state index in [0.717, 1.165) is 30.9 Å². The standard InChI is InChI=1S/C18H19NO3S/c1-12-15-10-17-16(21-11-22-17)9-13(15)6-7-19(12)18(20)5-4-14-3-2-8-23-14/h2-3,8-10,12H,4-7,11H2,1H3. The van der Waals surface area contributed by atoms with Gasteiger partial charge in [0.25, 0.3) is 0 Å². The predicted octanol–water partition coefficient (Wildman–Crippen LogP) is 3.56. The van der Waals surface area contributed by atoms with Gasteiger partial charge in [-0.25, -0.2) is 0 Å². The van der Waals surface area contributed by atoms with Crippen LogP contribution in [0, 0.1) is 0 Å². The Morgan fingerprint density at radius 2 is 2.17 bits per heavy atom. The summed E-state index contributed by atoms with van der Waals surface area (Å²) in [6, 6.07) is 8.33. The fraction of sp³-hybridized carbons (Fsp3) is 0.389. The van der Waals surface area contributed by atoms with Crippen LogP contribution in [0.3, 0.4) is 0 Å². The van der Waals surface area contributed by atoms with Crippen LogP contribution in [0.1, 0.15) is 35.4 Å². The highest BCUT2D eigenvalue weighted by atomic mass is 32.1. The highest BCUT2D eigenvalue weighted by Crippen LogP contribution is 2.40. The molecule has 1 amide bonds. The average molecular weight is 329 g/mol. The van der Waals surface area contributed by atoms with Crippen molar-refractivity contribution in [3.05, 3.63) is 45.6 Å². The summed E-state index contributed by atoms with van der Waals surface area (Å²) in [4.78, 5) is 15.9. The van der Waals surface area contributed by atoms with Gasteiger partial charge in [0, 0.05) is 17.8 Å². The van der Waals surface area contributed by atoms with Crippen LogP contribution >= 0.6 is 11.3 Å². The van der Waals surface area contributed by atoms with Gasteiger partial charge in [-0.2, -0.15) is 0 Å². The number of fused-ring (bicyclic) bond motifs is 2. The first-order valence-electron chi connectivity index (χ1n) is 7.96. The molecule has 4 nitrogen and oxygen atoms in total. The molecule has 5 heteroatoms. The molecule has 0 saturated carbocycles. The Hall–Kier alpha value is -2.01. The van der Waals surface area contributed by atoms with Crippen LogP contribution in [-0.2, 0) is 17.6 Å². The fourth-order valence-corrected chi connectivity index (χ4v) is 4.09. The van der Waals surface area contributed by atoms with Crippen molar-refractivity contribution in [3.8, 4) is 11.5 Å². The Morgan fingerprint density at radius 1 is 1.35 bits per heavy atom. The number of rotatable bonds is 3. The quantitative estimate of drug-likeness (QED) is 0.864. The third kappa shape index (κ3) is 2.70. The van der Waals surface area contributed by atoms with E-state index in [2.05, 4.69) is 24.4 Å². The normalized spacial score (nSPS) is 18.8. The van der Waals surface area contributed by atoms with Crippen LogP contribution in [0.5, 0.6) is 11.5 Å². The van der Waals surface area contributed by atoms with Crippen molar-refractivity contribution < 1.29 is 14.3 Å². The molecule has 4 rings (SSSR count). The van der Waals surface area contributed by atoms with Gasteiger partial charge in [0.1, 0.15) is 0 Å². The molecular formula is C18H19NO3S. The Morgan fingerprint density at radius 3 is 2.96 bits per heavy atom. The smallest absolute Gasteiger partial charge is 0.231 e. The molecule has 0 radical (unpaired) electrons. The van der Waals surface area contributed by atoms with Gasteiger partial charge in [0.2, 0.25) is 12.7 Å². The minimum absolute atomic E-state index is 0.0871. The topological polar surface area (TPSA) is 38.8 Å². The van der Waals surface area contributed by atoms with Crippen molar-refractivity contribution in [2.24, 2.45) is 0 Å². The first kappa shape index (κ1) is 14.6. The van der Waals surface area contributed by atoms with Crippen molar-refractivity contribution in [3.63, 3.8) is 0 Å². The molecule has 120 valence electrons. The molecule has 2 aliphatic heterocycles. The third-order valence-corrected chi connectivity index (χ3v) is 5.60. The summed E-state index contributed by atoms with van der Waals surface area (Å²) >= 11 is 1.71. The summed E-state index contributed by atoms with van der Waals surface area (Å²) in [5.74, 6) is 1.85. The second-order valence-corrected chi connectivity index (χ2v) is 7.03. The predicted molar refractivity (Wildman–Crippen MR) is 89.0 cm³/mol. The van der Waals surface area contributed by atoms with Crippen LogP contribution in [-0.4, -0.2) is 24.1 Å². The number of nitrogens with zero attached hydrogens (tertiary/aromatic N) is 1. The van der Waals surface area contributed by atoms with Gasteiger partial charge < -0.3 is 14.4 Å². The van der Waals surface area contributed by atoms with E-state index in [9.17, 15) is 4.79 Å². The molecular weight excluding hydrogens is 310 g/mol. The zero-order valence-electron chi connectivity index (χ0n) is 13.1. The fourth-order valence-electron chi connectivity index (χ4n) is 3.38. The van der Waals surface area contributed by atoms with Gasteiger partial charge in [-0.15, -0.1) is 11.3 Å². The van der Waals surface area contributed by atoms with Crippen LogP contribution in [0.2, 0.25) is 0 Å². The number of carbonyl (C=O) groups is 1. The molecule has 1 aromatic carbocycles. The van der Waals surface area contributed by atoms with Gasteiger partial charge >= 0.3 is 0 Å². The molecule has 0 fully saturated rings. The lowest BCUT2D eigenvalue weighted by atomic mass is 9.92. The Bertz CT molecular complexity index is 726. The molecule has 0 saturated heterocycles. The molecule has 1 unspecified atom stereocenters. The summed E-state index contributed by atoms with van der Waals surface area (Å²) < 4.78 is 10.9. The maximum absolute atomic E-state index is 12.6. The zero-order valence-corrected chi connectivity index (χ0v) is 13.9. The molecule has 1 atom stereocenters. The van der Waals surface area contributed by atoms with Crippen molar-refractivity contribution in [2.45, 2.75) is 32.2 Å². The van der Waals surface area contributed by atoms with Crippen LogP contribution < -0.4 is 9.47 Å². The van der Waals surface area contributed by atoms with Gasteiger partial charge in [-0.3, -0.25) is 4.79 Å². The van der Waals surface area contributed by atoms with E-state index in [-0.39, 0.29) is 18.7 Å². The van der Waals surface area contributed by atoms with Gasteiger partial charge in [-0.05, 0) is 54.5 Å². The molecule has 0 N–H and O–H groups in total. The monoisotopic (exact) mass is 329 g/mol. The summed E-state index contributed by atoms with van der Waals surface area (Å²) in [5.41, 5.74) is 2.45. The largest absolute Gasteiger partial charge is 0.454 e. The minimum atomic E-state index is 0.0871. The third-order valence-electron chi connectivity index (χ3n) is 4.66. The van der Waals surface area contributed by atoms with Gasteiger partial charge in [0.15, 0.2) is 11.5 Å². The minimum Gasteiger partial charge on any atom is -0.454 e. The maximum atomic E-state index is 12.6. The number of ether oxygens (including phenoxy) is 2. The number of carbonyl (C=O) groups excluding carboxylic acids is 1. The number of hydrogen-bond donors (Lipinski definition) is 0. The van der Waals surface area contributed by atoms with Crippen LogP contribution in [0.4, 0.5) is 0 Å². The van der Waals surface area contributed by atoms with E-state index in [4.69, 9.17) is 9.47 Å². The van der Waals surface area contributed by atoms with Crippen LogP contribution in [0.15, 0.2) is 29.6 Å². The molecule has 0 aliphatic carbocycles. The second kappa shape index (κ2) is 5.89. The lowest BCUT2D eigenvalue weighted by molar-refractivity contribution is -0.133. The second-order valence-electron chi connectivity index (χ2n) is 6.00. The van der Waals surface area contributed by atoms with E-state index in [1.807, 2.05) is 17.0 Å². The maximum Gasteiger partial charge on any atom is 0.231 e. The van der Waals surface area contributed by atoms with E-state index in [1.54, 1.807) is 11.3 Å². The van der Waals surface area contributed by atoms with E-state index in [1.165, 1.54) is 16.0 Å². The summed E-state index contributed by atoms with van der Waals surface area (Å²) in [6.07, 6.45) is 2.28. The zero-order chi connectivity index (χ0) is 15.8. The number of aryl methyl sites for hydroxylation is 1.